The summed E-state index contributed by atoms with van der Waals surface area (Å²) in [5.41, 5.74) is 10.4. The number of para-hydroxylation sites is 1. The number of sulfonamides is 1. The summed E-state index contributed by atoms with van der Waals surface area (Å²) in [4.78, 5) is 26.2. The first-order valence-corrected chi connectivity index (χ1v) is 25.2. The van der Waals surface area contributed by atoms with Gasteiger partial charge in [0.2, 0.25) is 15.8 Å². The minimum absolute atomic E-state index is 0.0475. The number of nitrogens with one attached hydrogen (secondary N) is 2. The number of nitrogens with zero attached hydrogens (tertiary/aromatic N) is 6. The van der Waals surface area contributed by atoms with Crippen LogP contribution in [0.5, 0.6) is 17.2 Å². The van der Waals surface area contributed by atoms with E-state index in [1.54, 1.807) is 133 Å². The largest absolute Gasteiger partial charge is 0.497 e. The molecule has 2 atom stereocenters. The number of ether oxygens (including phenoxy) is 3. The molecule has 0 aliphatic heterocycles. The highest BCUT2D eigenvalue weighted by Gasteiger charge is 2.60. The van der Waals surface area contributed by atoms with Crippen molar-refractivity contribution in [1.29, 1.82) is 0 Å². The number of nitrogens with two attached hydrogens (primary N) is 2. The number of aromatic nitrogens is 4. The number of anilines is 3. The van der Waals surface area contributed by atoms with Gasteiger partial charge >= 0.3 is 12.2 Å². The predicted molar refractivity (Wildman–Crippen MR) is 278 cm³/mol. The van der Waals surface area contributed by atoms with Crippen molar-refractivity contribution in [3.05, 3.63) is 120 Å². The Labute approximate surface area is 426 Å². The summed E-state index contributed by atoms with van der Waals surface area (Å²) >= 11 is -3.28. The molecule has 2 amide bonds. The van der Waals surface area contributed by atoms with Crippen LogP contribution in [0.2, 0.25) is 0 Å². The van der Waals surface area contributed by atoms with Crippen LogP contribution >= 0.6 is 0 Å². The normalized spacial score (nSPS) is 13.0. The zero-order valence-electron chi connectivity index (χ0n) is 42.0. The maximum atomic E-state index is 16.6. The van der Waals surface area contributed by atoms with E-state index in [1.807, 2.05) is 0 Å². The Balaban J connectivity index is 1.81. The summed E-state index contributed by atoms with van der Waals surface area (Å²) in [6.45, 7) is 8.87. The third-order valence-corrected chi connectivity index (χ3v) is 15.3. The molecular weight excluding hydrogens is 981 g/mol. The number of carboxylic acid groups (broad SMARTS) is 2. The third kappa shape index (κ3) is 11.8. The van der Waals surface area contributed by atoms with E-state index < -0.39 is 73.0 Å². The van der Waals surface area contributed by atoms with Crippen molar-refractivity contribution in [2.24, 2.45) is 10.8 Å². The van der Waals surface area contributed by atoms with Gasteiger partial charge in [-0.15, -0.1) is 10.2 Å². The van der Waals surface area contributed by atoms with Gasteiger partial charge in [-0.25, -0.2) is 22.2 Å². The Morgan fingerprint density at radius 3 is 1.70 bits per heavy atom. The second-order valence-corrected chi connectivity index (χ2v) is 21.8. The van der Waals surface area contributed by atoms with Crippen molar-refractivity contribution in [2.45, 2.75) is 77.7 Å². The summed E-state index contributed by atoms with van der Waals surface area (Å²) in [7, 11) is -0.598. The van der Waals surface area contributed by atoms with Crippen LogP contribution in [0.1, 0.15) is 58.2 Å². The lowest BCUT2D eigenvalue weighted by Crippen LogP contribution is -2.76. The quantitative estimate of drug-likeness (QED) is 0.0291. The van der Waals surface area contributed by atoms with Gasteiger partial charge in [-0.05, 0) is 86.8 Å². The Bertz CT molecular complexity index is 2990. The molecule has 0 fully saturated rings. The highest BCUT2D eigenvalue weighted by molar-refractivity contribution is 7.89. The van der Waals surface area contributed by atoms with Crippen molar-refractivity contribution in [1.82, 2.24) is 35.1 Å². The molecule has 5 aromatic carbocycles. The summed E-state index contributed by atoms with van der Waals surface area (Å²) in [6, 6.07) is 26.3. The first-order chi connectivity index (χ1) is 34.4. The molecule has 0 radical (unpaired) electrons. The van der Waals surface area contributed by atoms with E-state index in [9.17, 15) is 28.6 Å². The van der Waals surface area contributed by atoms with Crippen LogP contribution in [0, 0.1) is 10.8 Å². The maximum absolute atomic E-state index is 16.6. The lowest BCUT2D eigenvalue weighted by Gasteiger charge is -2.59. The Kier molecular flexibility index (Phi) is 16.6. The second-order valence-electron chi connectivity index (χ2n) is 19.1. The first kappa shape index (κ1) is 54.9. The van der Waals surface area contributed by atoms with Crippen LogP contribution in [-0.4, -0.2) is 104 Å². The molecule has 1 aromatic heterocycles. The van der Waals surface area contributed by atoms with Gasteiger partial charge in [0, 0.05) is 25.2 Å². The van der Waals surface area contributed by atoms with Crippen LogP contribution in [0.3, 0.4) is 0 Å². The summed E-state index contributed by atoms with van der Waals surface area (Å²) in [5.74, 6) is 1.34. The lowest BCUT2D eigenvalue weighted by atomic mass is 9.56. The van der Waals surface area contributed by atoms with Gasteiger partial charge in [0.1, 0.15) is 22.1 Å². The number of hydrogen-bond donors (Lipinski definition) is 7. The molecule has 390 valence electrons. The zero-order valence-corrected chi connectivity index (χ0v) is 43.6. The van der Waals surface area contributed by atoms with Crippen molar-refractivity contribution in [2.75, 3.05) is 43.6 Å². The molecular formula is C50H62N10O11S2. The van der Waals surface area contributed by atoms with E-state index in [0.717, 1.165) is 14.2 Å². The lowest BCUT2D eigenvalue weighted by molar-refractivity contribution is 0.00311. The molecule has 21 nitrogen and oxygen atoms in total. The van der Waals surface area contributed by atoms with Crippen LogP contribution in [0.15, 0.2) is 108 Å². The maximum Gasteiger partial charge on any atom is 0.405 e. The number of amides is 2. The highest BCUT2D eigenvalue weighted by atomic mass is 32.2. The van der Waals surface area contributed by atoms with Crippen molar-refractivity contribution >= 4 is 50.5 Å². The second kappa shape index (κ2) is 22.1. The van der Waals surface area contributed by atoms with E-state index in [-0.39, 0.29) is 53.5 Å². The van der Waals surface area contributed by atoms with Gasteiger partial charge < -0.3 is 46.5 Å². The average molecular weight is 1040 g/mol. The van der Waals surface area contributed by atoms with Crippen LogP contribution in [-0.2, 0) is 40.9 Å². The molecule has 73 heavy (non-hydrogen) atoms. The summed E-state index contributed by atoms with van der Waals surface area (Å²) in [5, 5.41) is 39.3. The number of methoxy groups -OCH3 is 3. The fourth-order valence-corrected chi connectivity index (χ4v) is 12.1. The van der Waals surface area contributed by atoms with Crippen molar-refractivity contribution in [3.63, 3.8) is 0 Å². The number of hydrogen-bond acceptors (Lipinski definition) is 13. The number of tetrazole rings is 1. The molecule has 6 rings (SSSR count). The molecule has 6 aromatic rings. The molecule has 9 N–H and O–H groups in total. The highest BCUT2D eigenvalue weighted by Crippen LogP contribution is 2.51. The van der Waals surface area contributed by atoms with Crippen LogP contribution in [0.4, 0.5) is 26.7 Å². The van der Waals surface area contributed by atoms with Crippen molar-refractivity contribution in [3.8, 4) is 39.8 Å². The monoisotopic (exact) mass is 1040 g/mol. The number of carbonyl (C=O) groups is 2. The molecule has 0 bridgehead atoms. The molecule has 2 unspecified atom stereocenters. The Morgan fingerprint density at radius 1 is 0.740 bits per heavy atom. The topological polar surface area (TPSA) is 300 Å². The van der Waals surface area contributed by atoms with E-state index in [4.69, 9.17) is 30.8 Å². The van der Waals surface area contributed by atoms with Gasteiger partial charge in [-0.2, -0.15) is 9.10 Å². The van der Waals surface area contributed by atoms with Crippen LogP contribution in [0.25, 0.3) is 22.5 Å². The predicted octanol–water partition coefficient (Wildman–Crippen LogP) is 7.31. The molecule has 0 aliphatic carbocycles. The van der Waals surface area contributed by atoms with Gasteiger partial charge in [0.15, 0.2) is 0 Å². The molecule has 0 saturated heterocycles. The summed E-state index contributed by atoms with van der Waals surface area (Å²) < 4.78 is 77.9. The van der Waals surface area contributed by atoms with Gasteiger partial charge in [-0.3, -0.25) is 8.86 Å². The molecule has 0 aliphatic rings. The van der Waals surface area contributed by atoms with Crippen LogP contribution < -0.4 is 40.6 Å². The molecule has 0 saturated carbocycles. The molecule has 1 heterocycles. The zero-order chi connectivity index (χ0) is 53.6. The Hall–Kier alpha value is -7.47. The van der Waals surface area contributed by atoms with Crippen molar-refractivity contribution < 1.29 is 51.2 Å². The average Bonchev–Trinajstić information content (AvgIpc) is 3.80. The van der Waals surface area contributed by atoms with E-state index in [0.29, 0.717) is 28.4 Å². The standard InChI is InChI=1S/C50H62N10O11S2/c1-48(2,3)50(49(4,5)6,54-47(63)64)41(27-53-46(61)62)60(72(65)66)40-26-25-37(38-11-10-12-39(51)43(38)52)42(45-55-57-59(56-45)30-33-17-23-36(71-9)24-18-33)44(40)73(67,68)58(28-31-13-19-34(69-7)20-14-31)29-32-15-21-35(70-8)22-16-32/h10-26,41,53-54H,27-30,51-52H2,1-9H3,(H,61,62)(H,63,64)(H,65,66). The summed E-state index contributed by atoms with van der Waals surface area (Å²) in [6.07, 6.45) is -3.10. The number of benzene rings is 5. The Morgan fingerprint density at radius 2 is 1.25 bits per heavy atom. The fraction of sp³-hybridized carbons (Fsp3) is 0.340. The van der Waals surface area contributed by atoms with Gasteiger partial charge in [-0.1, -0.05) is 96.1 Å². The van der Waals surface area contributed by atoms with E-state index in [2.05, 4.69) is 20.9 Å². The first-order valence-electron chi connectivity index (χ1n) is 22.7. The molecule has 23 heteroatoms. The smallest absolute Gasteiger partial charge is 0.405 e. The number of nitrogen functional groups attached to an aromatic ring is 2. The van der Waals surface area contributed by atoms with Gasteiger partial charge in [0.25, 0.3) is 11.3 Å². The third-order valence-electron chi connectivity index (χ3n) is 12.7. The van der Waals surface area contributed by atoms with E-state index >= 15 is 8.42 Å². The minimum Gasteiger partial charge on any atom is -0.497 e. The number of rotatable bonds is 20. The van der Waals surface area contributed by atoms with E-state index in [1.165, 1.54) is 38.3 Å². The fourth-order valence-electron chi connectivity index (χ4n) is 9.51. The molecule has 0 spiro atoms. The van der Waals surface area contributed by atoms with Gasteiger partial charge in [0.05, 0.1) is 62.1 Å². The SMILES string of the molecule is COc1ccc(CN(Cc2ccc(OC)cc2)S(=O)(=O)c2c(N(C(CNC(=O)O)C(NC(=O)O)(C(C)(C)C)C(C)(C)C)S(=O)O)ccc(-c3cccc(N)c3N)c2-c2nnn(Cc3ccc(OC)cc3)n2)cc1. The minimum atomic E-state index is -5.12.